The van der Waals surface area contributed by atoms with Gasteiger partial charge in [0.2, 0.25) is 0 Å². The first kappa shape index (κ1) is 53.6. The molecular weight excluding hydrogens is 1020 g/mol. The SMILES string of the molecule is Cc1ccc(-n2ccnc2-c2ccc(COc3ccc(C(C)(c4ccc(OCc5ccc(-c6nccn6-c6ccc(C)cc6C)cc5)cc4)c4ccc(OCc5ccc(-c6nccn6-c6ccc(C)cc6C)cc5)cc4)cc3)cc2)c(C)c1. The summed E-state index contributed by atoms with van der Waals surface area (Å²) in [4.78, 5) is 14.2. The van der Waals surface area contributed by atoms with Crippen LogP contribution in [0.5, 0.6) is 17.2 Å². The van der Waals surface area contributed by atoms with Gasteiger partial charge in [0, 0.05) is 76.3 Å². The lowest BCUT2D eigenvalue weighted by molar-refractivity contribution is 0.306. The summed E-state index contributed by atoms with van der Waals surface area (Å²) in [5.74, 6) is 5.08. The number of imidazole rings is 3. The summed E-state index contributed by atoms with van der Waals surface area (Å²) >= 11 is 0. The molecule has 0 radical (unpaired) electrons. The van der Waals surface area contributed by atoms with Gasteiger partial charge >= 0.3 is 0 Å². The Morgan fingerprint density at radius 3 is 0.843 bits per heavy atom. The molecule has 410 valence electrons. The Labute approximate surface area is 486 Å². The van der Waals surface area contributed by atoms with E-state index in [0.717, 1.165) is 102 Å². The summed E-state index contributed by atoms with van der Waals surface area (Å²) in [5, 5.41) is 0. The number of nitrogens with zero attached hydrogens (tertiary/aromatic N) is 6. The van der Waals surface area contributed by atoms with Gasteiger partial charge in [-0.1, -0.05) is 162 Å². The van der Waals surface area contributed by atoms with Gasteiger partial charge in [0.1, 0.15) is 54.5 Å². The largest absolute Gasteiger partial charge is 0.489 e. The van der Waals surface area contributed by atoms with Crippen molar-refractivity contribution in [2.45, 2.75) is 73.7 Å². The van der Waals surface area contributed by atoms with E-state index >= 15 is 0 Å². The first-order valence-electron chi connectivity index (χ1n) is 28.2. The van der Waals surface area contributed by atoms with E-state index in [-0.39, 0.29) is 0 Å². The van der Waals surface area contributed by atoms with E-state index in [4.69, 9.17) is 29.2 Å². The minimum absolute atomic E-state index is 0.428. The smallest absolute Gasteiger partial charge is 0.144 e. The highest BCUT2D eigenvalue weighted by molar-refractivity contribution is 5.63. The Kier molecular flexibility index (Phi) is 15.0. The molecule has 0 saturated carbocycles. The lowest BCUT2D eigenvalue weighted by atomic mass is 9.71. The molecule has 0 spiro atoms. The fourth-order valence-electron chi connectivity index (χ4n) is 11.3. The fraction of sp³-hybridized carbons (Fsp3) is 0.149. The van der Waals surface area contributed by atoms with Gasteiger partial charge in [-0.3, -0.25) is 13.7 Å². The summed E-state index contributed by atoms with van der Waals surface area (Å²) in [6, 6.07) is 70.4. The van der Waals surface area contributed by atoms with Crippen LogP contribution in [-0.4, -0.2) is 28.7 Å². The van der Waals surface area contributed by atoms with Gasteiger partial charge in [0.25, 0.3) is 0 Å². The average Bonchev–Trinajstić information content (AvgIpc) is 4.41. The molecule has 9 aromatic carbocycles. The van der Waals surface area contributed by atoms with Crippen LogP contribution in [0.2, 0.25) is 0 Å². The highest BCUT2D eigenvalue weighted by Crippen LogP contribution is 2.41. The molecule has 9 nitrogen and oxygen atoms in total. The zero-order valence-electron chi connectivity index (χ0n) is 48.0. The molecule has 9 heteroatoms. The molecule has 0 aliphatic rings. The highest BCUT2D eigenvalue weighted by atomic mass is 16.5. The third-order valence-electron chi connectivity index (χ3n) is 15.9. The van der Waals surface area contributed by atoms with Gasteiger partial charge in [0.15, 0.2) is 0 Å². The van der Waals surface area contributed by atoms with Crippen LogP contribution in [0.1, 0.15) is 73.7 Å². The lowest BCUT2D eigenvalue weighted by Crippen LogP contribution is -2.25. The number of aryl methyl sites for hydroxylation is 6. The van der Waals surface area contributed by atoms with Gasteiger partial charge in [-0.25, -0.2) is 15.0 Å². The van der Waals surface area contributed by atoms with Crippen LogP contribution in [0.15, 0.2) is 237 Å². The molecule has 0 fully saturated rings. The maximum Gasteiger partial charge on any atom is 0.144 e. The molecular formula is C74H66N6O3. The minimum Gasteiger partial charge on any atom is -0.489 e. The molecule has 0 atom stereocenters. The van der Waals surface area contributed by atoms with Gasteiger partial charge in [-0.15, -0.1) is 0 Å². The van der Waals surface area contributed by atoms with Crippen LogP contribution in [-0.2, 0) is 25.2 Å². The Balaban J connectivity index is 0.748. The fourth-order valence-corrected chi connectivity index (χ4v) is 11.3. The molecule has 0 aliphatic heterocycles. The molecule has 0 saturated heterocycles. The highest BCUT2D eigenvalue weighted by Gasteiger charge is 2.32. The Hall–Kier alpha value is -9.99. The molecule has 3 heterocycles. The predicted octanol–water partition coefficient (Wildman–Crippen LogP) is 17.2. The first-order valence-corrected chi connectivity index (χ1v) is 28.2. The second-order valence-electron chi connectivity index (χ2n) is 21.9. The number of rotatable bonds is 18. The van der Waals surface area contributed by atoms with Crippen LogP contribution in [0, 0.1) is 41.5 Å². The summed E-state index contributed by atoms with van der Waals surface area (Å²) in [6.45, 7) is 16.3. The van der Waals surface area contributed by atoms with E-state index < -0.39 is 5.41 Å². The van der Waals surface area contributed by atoms with Crippen molar-refractivity contribution in [3.05, 3.63) is 304 Å². The molecule has 0 N–H and O–H groups in total. The van der Waals surface area contributed by atoms with Crippen LogP contribution in [0.3, 0.4) is 0 Å². The van der Waals surface area contributed by atoms with Crippen molar-refractivity contribution in [3.63, 3.8) is 0 Å². The quantitative estimate of drug-likeness (QED) is 0.0797. The van der Waals surface area contributed by atoms with Crippen molar-refractivity contribution >= 4 is 0 Å². The Morgan fingerprint density at radius 2 is 0.590 bits per heavy atom. The summed E-state index contributed by atoms with van der Waals surface area (Å²) in [5.41, 5.74) is 19.9. The zero-order chi connectivity index (χ0) is 57.0. The molecule has 83 heavy (non-hydrogen) atoms. The van der Waals surface area contributed by atoms with Crippen LogP contribution in [0.4, 0.5) is 0 Å². The summed E-state index contributed by atoms with van der Waals surface area (Å²) in [7, 11) is 0. The van der Waals surface area contributed by atoms with Crippen molar-refractivity contribution in [1.29, 1.82) is 0 Å². The molecule has 0 amide bonds. The number of benzene rings is 9. The molecule has 12 aromatic rings. The number of hydrogen-bond donors (Lipinski definition) is 0. The van der Waals surface area contributed by atoms with Gasteiger partial charge < -0.3 is 14.2 Å². The second-order valence-corrected chi connectivity index (χ2v) is 21.9. The summed E-state index contributed by atoms with van der Waals surface area (Å²) in [6.07, 6.45) is 11.6. The third kappa shape index (κ3) is 11.4. The van der Waals surface area contributed by atoms with Gasteiger partial charge in [-0.05, 0) is 153 Å². The van der Waals surface area contributed by atoms with Crippen molar-refractivity contribution in [2.24, 2.45) is 0 Å². The number of aromatic nitrogens is 6. The summed E-state index contributed by atoms with van der Waals surface area (Å²) < 4.78 is 25.8. The Bertz CT molecular complexity index is 3760. The first-order chi connectivity index (χ1) is 40.4. The van der Waals surface area contributed by atoms with Crippen LogP contribution < -0.4 is 14.2 Å². The van der Waals surface area contributed by atoms with Crippen molar-refractivity contribution in [3.8, 4) is 68.5 Å². The topological polar surface area (TPSA) is 81.2 Å². The monoisotopic (exact) mass is 1090 g/mol. The lowest BCUT2D eigenvalue weighted by Gasteiger charge is -2.32. The predicted molar refractivity (Wildman–Crippen MR) is 333 cm³/mol. The maximum atomic E-state index is 6.43. The van der Waals surface area contributed by atoms with Crippen molar-refractivity contribution in [2.75, 3.05) is 0 Å². The molecule has 0 unspecified atom stereocenters. The van der Waals surface area contributed by atoms with E-state index in [2.05, 4.69) is 262 Å². The van der Waals surface area contributed by atoms with E-state index in [1.54, 1.807) is 0 Å². The minimum atomic E-state index is -0.550. The van der Waals surface area contributed by atoms with Crippen molar-refractivity contribution in [1.82, 2.24) is 28.7 Å². The molecule has 3 aromatic heterocycles. The second kappa shape index (κ2) is 23.2. The van der Waals surface area contributed by atoms with Crippen LogP contribution in [0.25, 0.3) is 51.2 Å². The number of ether oxygens (including phenoxy) is 3. The zero-order valence-corrected chi connectivity index (χ0v) is 48.0. The van der Waals surface area contributed by atoms with Gasteiger partial charge in [0.05, 0.1) is 0 Å². The molecule has 0 aliphatic carbocycles. The van der Waals surface area contributed by atoms with E-state index in [1.807, 2.05) is 37.2 Å². The molecule has 0 bridgehead atoms. The van der Waals surface area contributed by atoms with Crippen molar-refractivity contribution < 1.29 is 14.2 Å². The van der Waals surface area contributed by atoms with E-state index in [0.29, 0.717) is 19.8 Å². The number of hydrogen-bond acceptors (Lipinski definition) is 6. The van der Waals surface area contributed by atoms with E-state index in [1.165, 1.54) is 33.4 Å². The average molecular weight is 1090 g/mol. The standard InChI is InChI=1S/C74H66N6O3/c1-50-8-35-68(53(4)44-50)78-41-38-75-71(78)59-17-11-56(12-18-59)47-81-65-29-23-62(24-30-65)74(7,63-25-31-66(32-26-63)82-48-57-13-19-60(20-14-57)72-76-39-42-79(72)69-36-9-51(2)45-54(69)5)64-27-33-67(34-28-64)83-49-58-15-21-61(22-16-58)73-77-40-43-80(73)70-37-10-52(3)46-55(70)6/h8-46H,47-49H2,1-7H3. The molecule has 12 rings (SSSR count). The Morgan fingerprint density at radius 1 is 0.325 bits per heavy atom. The maximum absolute atomic E-state index is 6.43. The van der Waals surface area contributed by atoms with Gasteiger partial charge in [-0.2, -0.15) is 0 Å². The third-order valence-corrected chi connectivity index (χ3v) is 15.9. The normalized spacial score (nSPS) is 11.5. The van der Waals surface area contributed by atoms with E-state index in [9.17, 15) is 0 Å². The van der Waals surface area contributed by atoms with Crippen LogP contribution >= 0.6 is 0 Å².